The zero-order valence-electron chi connectivity index (χ0n) is 11.8. The summed E-state index contributed by atoms with van der Waals surface area (Å²) < 4.78 is 13.9. The van der Waals surface area contributed by atoms with E-state index < -0.39 is 16.4 Å². The molecule has 0 aliphatic heterocycles. The normalized spacial score (nSPS) is 10.2. The number of nitrogens with zero attached hydrogens (tertiary/aromatic N) is 2. The number of anilines is 2. The lowest BCUT2D eigenvalue weighted by Crippen LogP contribution is -2.08. The van der Waals surface area contributed by atoms with Crippen LogP contribution in [0.1, 0.15) is 5.56 Å². The molecule has 1 N–H and O–H groups in total. The van der Waals surface area contributed by atoms with Crippen LogP contribution in [0.4, 0.5) is 21.5 Å². The van der Waals surface area contributed by atoms with Gasteiger partial charge in [0.1, 0.15) is 0 Å². The van der Waals surface area contributed by atoms with Crippen LogP contribution in [0.25, 0.3) is 0 Å². The SMILES string of the molecule is CN(C)c1ccc(NCc2cccc([N+](=O)[O-])c2F)cc1. The molecule has 0 radical (unpaired) electrons. The van der Waals surface area contributed by atoms with Crippen molar-refractivity contribution in [2.24, 2.45) is 0 Å². The van der Waals surface area contributed by atoms with Crippen molar-refractivity contribution >= 4 is 17.1 Å². The number of nitro groups is 1. The van der Waals surface area contributed by atoms with Gasteiger partial charge in [-0.25, -0.2) is 0 Å². The number of nitro benzene ring substituents is 1. The second-order valence-corrected chi connectivity index (χ2v) is 4.80. The van der Waals surface area contributed by atoms with Crippen LogP contribution in [-0.4, -0.2) is 19.0 Å². The quantitative estimate of drug-likeness (QED) is 0.677. The first kappa shape index (κ1) is 14.8. The molecule has 0 fully saturated rings. The van der Waals surface area contributed by atoms with Crippen molar-refractivity contribution in [3.63, 3.8) is 0 Å². The monoisotopic (exact) mass is 289 g/mol. The smallest absolute Gasteiger partial charge is 0.305 e. The first-order chi connectivity index (χ1) is 9.99. The van der Waals surface area contributed by atoms with Crippen LogP contribution < -0.4 is 10.2 Å². The summed E-state index contributed by atoms with van der Waals surface area (Å²) in [4.78, 5) is 11.9. The number of halogens is 1. The minimum absolute atomic E-state index is 0.189. The molecule has 0 atom stereocenters. The Morgan fingerprint density at radius 3 is 2.43 bits per heavy atom. The number of rotatable bonds is 5. The van der Waals surface area contributed by atoms with Gasteiger partial charge in [0.25, 0.3) is 0 Å². The summed E-state index contributed by atoms with van der Waals surface area (Å²) in [6.07, 6.45) is 0. The topological polar surface area (TPSA) is 58.4 Å². The van der Waals surface area contributed by atoms with E-state index in [-0.39, 0.29) is 12.1 Å². The molecule has 0 bridgehead atoms. The Morgan fingerprint density at radius 1 is 1.19 bits per heavy atom. The third kappa shape index (κ3) is 3.47. The molecule has 21 heavy (non-hydrogen) atoms. The van der Waals surface area contributed by atoms with Crippen molar-refractivity contribution in [1.82, 2.24) is 0 Å². The fourth-order valence-electron chi connectivity index (χ4n) is 1.92. The Hall–Kier alpha value is -2.63. The Balaban J connectivity index is 2.09. The van der Waals surface area contributed by atoms with Gasteiger partial charge in [-0.1, -0.05) is 12.1 Å². The van der Waals surface area contributed by atoms with Crippen molar-refractivity contribution in [3.8, 4) is 0 Å². The second kappa shape index (κ2) is 6.21. The molecule has 0 aromatic heterocycles. The summed E-state index contributed by atoms with van der Waals surface area (Å²) in [6.45, 7) is 0.189. The predicted molar refractivity (Wildman–Crippen MR) is 81.2 cm³/mol. The van der Waals surface area contributed by atoms with Crippen LogP contribution in [0.15, 0.2) is 42.5 Å². The molecule has 0 amide bonds. The largest absolute Gasteiger partial charge is 0.381 e. The number of hydrogen-bond donors (Lipinski definition) is 1. The lowest BCUT2D eigenvalue weighted by atomic mass is 10.1. The number of nitrogens with one attached hydrogen (secondary N) is 1. The second-order valence-electron chi connectivity index (χ2n) is 4.80. The van der Waals surface area contributed by atoms with Crippen LogP contribution in [0.2, 0.25) is 0 Å². The zero-order valence-corrected chi connectivity index (χ0v) is 11.8. The third-order valence-corrected chi connectivity index (χ3v) is 3.12. The average molecular weight is 289 g/mol. The van der Waals surface area contributed by atoms with Crippen LogP contribution in [0.3, 0.4) is 0 Å². The van der Waals surface area contributed by atoms with E-state index >= 15 is 0 Å². The van der Waals surface area contributed by atoms with Crippen molar-refractivity contribution in [2.45, 2.75) is 6.54 Å². The molecule has 6 heteroatoms. The van der Waals surface area contributed by atoms with Crippen LogP contribution >= 0.6 is 0 Å². The van der Waals surface area contributed by atoms with E-state index in [0.29, 0.717) is 0 Å². The highest BCUT2D eigenvalue weighted by Crippen LogP contribution is 2.22. The number of benzene rings is 2. The molecule has 0 heterocycles. The van der Waals surface area contributed by atoms with Gasteiger partial charge < -0.3 is 10.2 Å². The number of hydrogen-bond acceptors (Lipinski definition) is 4. The fourth-order valence-corrected chi connectivity index (χ4v) is 1.92. The van der Waals surface area contributed by atoms with Gasteiger partial charge in [-0.15, -0.1) is 0 Å². The molecule has 110 valence electrons. The van der Waals surface area contributed by atoms with E-state index in [9.17, 15) is 14.5 Å². The summed E-state index contributed by atoms with van der Waals surface area (Å²) in [6, 6.07) is 11.8. The highest BCUT2D eigenvalue weighted by Gasteiger charge is 2.16. The molecule has 0 aliphatic rings. The zero-order chi connectivity index (χ0) is 15.4. The maximum absolute atomic E-state index is 13.9. The Labute approximate surface area is 122 Å². The van der Waals surface area contributed by atoms with Gasteiger partial charge in [-0.05, 0) is 24.3 Å². The van der Waals surface area contributed by atoms with E-state index in [0.717, 1.165) is 17.4 Å². The van der Waals surface area contributed by atoms with Gasteiger partial charge in [-0.3, -0.25) is 10.1 Å². The first-order valence-corrected chi connectivity index (χ1v) is 6.42. The molecule has 0 spiro atoms. The molecule has 0 saturated heterocycles. The first-order valence-electron chi connectivity index (χ1n) is 6.42. The molecule has 5 nitrogen and oxygen atoms in total. The fraction of sp³-hybridized carbons (Fsp3) is 0.200. The van der Waals surface area contributed by atoms with Crippen LogP contribution in [0, 0.1) is 15.9 Å². The molecule has 0 saturated carbocycles. The minimum Gasteiger partial charge on any atom is -0.381 e. The van der Waals surface area contributed by atoms with Crippen LogP contribution in [0.5, 0.6) is 0 Å². The van der Waals surface area contributed by atoms with Crippen molar-refractivity contribution in [3.05, 3.63) is 64.0 Å². The van der Waals surface area contributed by atoms with E-state index in [4.69, 9.17) is 0 Å². The highest BCUT2D eigenvalue weighted by molar-refractivity contribution is 5.54. The standard InChI is InChI=1S/C15H16FN3O2/c1-18(2)13-8-6-12(7-9-13)17-10-11-4-3-5-14(15(11)16)19(20)21/h3-9,17H,10H2,1-2H3. The van der Waals surface area contributed by atoms with Gasteiger partial charge in [-0.2, -0.15) is 4.39 Å². The maximum atomic E-state index is 13.9. The summed E-state index contributed by atoms with van der Waals surface area (Å²) in [7, 11) is 3.89. The van der Waals surface area contributed by atoms with Crippen molar-refractivity contribution in [2.75, 3.05) is 24.3 Å². The summed E-state index contributed by atoms with van der Waals surface area (Å²) in [5, 5.41) is 13.7. The van der Waals surface area contributed by atoms with Gasteiger partial charge in [0.05, 0.1) is 4.92 Å². The molecular formula is C15H16FN3O2. The van der Waals surface area contributed by atoms with E-state index in [1.54, 1.807) is 0 Å². The van der Waals surface area contributed by atoms with Crippen LogP contribution in [-0.2, 0) is 6.54 Å². The van der Waals surface area contributed by atoms with Gasteiger partial charge in [0.2, 0.25) is 5.82 Å². The van der Waals surface area contributed by atoms with Crippen molar-refractivity contribution < 1.29 is 9.31 Å². The minimum atomic E-state index is -0.792. The average Bonchev–Trinajstić information content (AvgIpc) is 2.46. The lowest BCUT2D eigenvalue weighted by molar-refractivity contribution is -0.387. The molecule has 0 aliphatic carbocycles. The van der Waals surface area contributed by atoms with E-state index in [1.807, 2.05) is 43.3 Å². The van der Waals surface area contributed by atoms with E-state index in [1.165, 1.54) is 12.1 Å². The lowest BCUT2D eigenvalue weighted by Gasteiger charge is -2.13. The molecule has 2 aromatic carbocycles. The molecule has 0 unspecified atom stereocenters. The summed E-state index contributed by atoms with van der Waals surface area (Å²) in [5.41, 5.74) is 1.65. The molecule has 2 rings (SSSR count). The van der Waals surface area contributed by atoms with E-state index in [2.05, 4.69) is 5.32 Å². The highest BCUT2D eigenvalue weighted by atomic mass is 19.1. The van der Waals surface area contributed by atoms with Gasteiger partial charge >= 0.3 is 5.69 Å². The Kier molecular flexibility index (Phi) is 4.37. The Morgan fingerprint density at radius 2 is 1.86 bits per heavy atom. The predicted octanol–water partition coefficient (Wildman–Crippen LogP) is 3.41. The maximum Gasteiger partial charge on any atom is 0.305 e. The molecular weight excluding hydrogens is 273 g/mol. The Bertz CT molecular complexity index is 642. The summed E-state index contributed by atoms with van der Waals surface area (Å²) >= 11 is 0. The van der Waals surface area contributed by atoms with Gasteiger partial charge in [0.15, 0.2) is 0 Å². The molecule has 2 aromatic rings. The summed E-state index contributed by atoms with van der Waals surface area (Å²) in [5.74, 6) is -0.792. The van der Waals surface area contributed by atoms with Crippen molar-refractivity contribution in [1.29, 1.82) is 0 Å². The third-order valence-electron chi connectivity index (χ3n) is 3.12. The van der Waals surface area contributed by atoms with Gasteiger partial charge in [0, 0.05) is 43.6 Å².